The van der Waals surface area contributed by atoms with Gasteiger partial charge in [0.2, 0.25) is 0 Å². The summed E-state index contributed by atoms with van der Waals surface area (Å²) in [5.74, 6) is 0.245. The van der Waals surface area contributed by atoms with Crippen molar-refractivity contribution in [3.8, 4) is 0 Å². The summed E-state index contributed by atoms with van der Waals surface area (Å²) in [4.78, 5) is 12.5. The van der Waals surface area contributed by atoms with Gasteiger partial charge in [-0.3, -0.25) is 9.10 Å². The van der Waals surface area contributed by atoms with Crippen molar-refractivity contribution in [1.29, 1.82) is 0 Å². The lowest BCUT2D eigenvalue weighted by atomic mass is 10.1. The maximum absolute atomic E-state index is 13.2. The van der Waals surface area contributed by atoms with Gasteiger partial charge in [-0.25, -0.2) is 8.42 Å². The molecule has 0 saturated heterocycles. The molecule has 7 heteroatoms. The summed E-state index contributed by atoms with van der Waals surface area (Å²) in [6, 6.07) is 11.9. The minimum Gasteiger partial charge on any atom is -0.349 e. The van der Waals surface area contributed by atoms with Crippen molar-refractivity contribution in [2.24, 2.45) is 5.92 Å². The largest absolute Gasteiger partial charge is 0.349 e. The molecule has 1 saturated carbocycles. The molecule has 0 aromatic heterocycles. The standard InChI is InChI=1S/C20H21ClN2O3S/c1-13(14-6-7-14)22-20(24)16-8-9-17(21)19(12-16)27(25,26)23-11-10-15-4-2-3-5-18(15)23/h2-5,8-9,12-14H,6-7,10-11H2,1H3,(H,22,24)/t13-/m1/s1. The van der Waals surface area contributed by atoms with E-state index in [1.807, 2.05) is 25.1 Å². The first-order valence-corrected chi connectivity index (χ1v) is 10.9. The second-order valence-corrected chi connectivity index (χ2v) is 9.44. The number of para-hydroxylation sites is 1. The lowest BCUT2D eigenvalue weighted by molar-refractivity contribution is 0.0935. The number of fused-ring (bicyclic) bond motifs is 1. The van der Waals surface area contributed by atoms with Crippen LogP contribution in [0.4, 0.5) is 5.69 Å². The van der Waals surface area contributed by atoms with E-state index in [0.717, 1.165) is 18.4 Å². The Hall–Kier alpha value is -2.05. The first-order valence-electron chi connectivity index (χ1n) is 9.09. The maximum atomic E-state index is 13.2. The molecule has 1 amide bonds. The van der Waals surface area contributed by atoms with Crippen LogP contribution in [0.3, 0.4) is 0 Å². The van der Waals surface area contributed by atoms with E-state index < -0.39 is 10.0 Å². The molecule has 0 radical (unpaired) electrons. The second-order valence-electron chi connectivity index (χ2n) is 7.20. The number of anilines is 1. The monoisotopic (exact) mass is 404 g/mol. The summed E-state index contributed by atoms with van der Waals surface area (Å²) in [7, 11) is -3.85. The molecule has 1 fully saturated rings. The number of carbonyl (C=O) groups is 1. The number of benzene rings is 2. The summed E-state index contributed by atoms with van der Waals surface area (Å²) >= 11 is 6.22. The van der Waals surface area contributed by atoms with Gasteiger partial charge in [-0.2, -0.15) is 0 Å². The van der Waals surface area contributed by atoms with E-state index in [-0.39, 0.29) is 21.9 Å². The van der Waals surface area contributed by atoms with E-state index in [1.54, 1.807) is 12.1 Å². The summed E-state index contributed by atoms with van der Waals surface area (Å²) in [5, 5.41) is 3.07. The molecular formula is C20H21ClN2O3S. The number of carbonyl (C=O) groups excluding carboxylic acids is 1. The van der Waals surface area contributed by atoms with Crippen molar-refractivity contribution in [2.45, 2.75) is 37.1 Å². The highest BCUT2D eigenvalue weighted by molar-refractivity contribution is 7.93. The number of rotatable bonds is 5. The van der Waals surface area contributed by atoms with Gasteiger partial charge in [-0.05, 0) is 61.9 Å². The van der Waals surface area contributed by atoms with Crippen LogP contribution in [0.1, 0.15) is 35.7 Å². The third-order valence-corrected chi connectivity index (χ3v) is 7.59. The zero-order valence-electron chi connectivity index (χ0n) is 15.0. The highest BCUT2D eigenvalue weighted by atomic mass is 35.5. The van der Waals surface area contributed by atoms with Crippen molar-refractivity contribution in [3.63, 3.8) is 0 Å². The van der Waals surface area contributed by atoms with Gasteiger partial charge in [-0.15, -0.1) is 0 Å². The molecular weight excluding hydrogens is 384 g/mol. The summed E-state index contributed by atoms with van der Waals surface area (Å²) in [6.45, 7) is 2.34. The molecule has 1 N–H and O–H groups in total. The van der Waals surface area contributed by atoms with Crippen LogP contribution in [0.15, 0.2) is 47.4 Å². The van der Waals surface area contributed by atoms with Crippen LogP contribution >= 0.6 is 11.6 Å². The first-order chi connectivity index (χ1) is 12.9. The molecule has 0 spiro atoms. The fourth-order valence-electron chi connectivity index (χ4n) is 3.52. The van der Waals surface area contributed by atoms with E-state index in [4.69, 9.17) is 11.6 Å². The third-order valence-electron chi connectivity index (χ3n) is 5.29. The maximum Gasteiger partial charge on any atom is 0.265 e. The van der Waals surface area contributed by atoms with Crippen molar-refractivity contribution in [1.82, 2.24) is 5.32 Å². The lowest BCUT2D eigenvalue weighted by Crippen LogP contribution is -2.34. The third kappa shape index (κ3) is 3.44. The van der Waals surface area contributed by atoms with Crippen LogP contribution < -0.4 is 9.62 Å². The normalized spacial score (nSPS) is 17.5. The van der Waals surface area contributed by atoms with E-state index in [2.05, 4.69) is 5.32 Å². The van der Waals surface area contributed by atoms with Gasteiger partial charge in [0.15, 0.2) is 0 Å². The quantitative estimate of drug-likeness (QED) is 0.827. The first kappa shape index (κ1) is 18.3. The number of hydrogen-bond donors (Lipinski definition) is 1. The average molecular weight is 405 g/mol. The molecule has 4 rings (SSSR count). The number of hydrogen-bond acceptors (Lipinski definition) is 3. The van der Waals surface area contributed by atoms with Crippen molar-refractivity contribution in [2.75, 3.05) is 10.8 Å². The van der Waals surface area contributed by atoms with Crippen LogP contribution in [-0.2, 0) is 16.4 Å². The van der Waals surface area contributed by atoms with Gasteiger partial charge < -0.3 is 5.32 Å². The fraction of sp³-hybridized carbons (Fsp3) is 0.350. The SMILES string of the molecule is C[C@@H](NC(=O)c1ccc(Cl)c(S(=O)(=O)N2CCc3ccccc32)c1)C1CC1. The van der Waals surface area contributed by atoms with Gasteiger partial charge in [0.05, 0.1) is 10.7 Å². The van der Waals surface area contributed by atoms with Gasteiger partial charge in [0, 0.05) is 18.2 Å². The predicted molar refractivity (Wildman–Crippen MR) is 106 cm³/mol. The molecule has 27 heavy (non-hydrogen) atoms. The van der Waals surface area contributed by atoms with Gasteiger partial charge in [0.1, 0.15) is 4.90 Å². The Morgan fingerprint density at radius 1 is 1.22 bits per heavy atom. The van der Waals surface area contributed by atoms with E-state index in [0.29, 0.717) is 30.1 Å². The number of sulfonamides is 1. The summed E-state index contributed by atoms with van der Waals surface area (Å²) < 4.78 is 27.9. The minimum atomic E-state index is -3.85. The molecule has 1 heterocycles. The van der Waals surface area contributed by atoms with E-state index >= 15 is 0 Å². The molecule has 5 nitrogen and oxygen atoms in total. The number of halogens is 1. The second kappa shape index (κ2) is 6.84. The fourth-order valence-corrected chi connectivity index (χ4v) is 5.53. The highest BCUT2D eigenvalue weighted by Crippen LogP contribution is 2.35. The van der Waals surface area contributed by atoms with E-state index in [1.165, 1.54) is 16.4 Å². The molecule has 142 valence electrons. The Morgan fingerprint density at radius 3 is 2.70 bits per heavy atom. The number of amides is 1. The molecule has 2 aliphatic rings. The zero-order valence-corrected chi connectivity index (χ0v) is 16.6. The average Bonchev–Trinajstić information content (AvgIpc) is 3.40. The van der Waals surface area contributed by atoms with Gasteiger partial charge >= 0.3 is 0 Å². The highest BCUT2D eigenvalue weighted by Gasteiger charge is 2.33. The molecule has 1 aliphatic carbocycles. The molecule has 2 aromatic rings. The molecule has 1 atom stereocenters. The van der Waals surface area contributed by atoms with Crippen molar-refractivity contribution >= 4 is 33.2 Å². The molecule has 2 aromatic carbocycles. The Labute approximate surface area is 164 Å². The number of nitrogens with one attached hydrogen (secondary N) is 1. The summed E-state index contributed by atoms with van der Waals surface area (Å²) in [6.07, 6.45) is 2.90. The van der Waals surface area contributed by atoms with Gasteiger partial charge in [0.25, 0.3) is 15.9 Å². The minimum absolute atomic E-state index is 0.0346. The number of nitrogens with zero attached hydrogens (tertiary/aromatic N) is 1. The topological polar surface area (TPSA) is 66.5 Å². The van der Waals surface area contributed by atoms with Gasteiger partial charge in [-0.1, -0.05) is 29.8 Å². The smallest absolute Gasteiger partial charge is 0.265 e. The van der Waals surface area contributed by atoms with Crippen molar-refractivity contribution in [3.05, 3.63) is 58.6 Å². The Morgan fingerprint density at radius 2 is 1.96 bits per heavy atom. The van der Waals surface area contributed by atoms with Crippen LogP contribution in [0, 0.1) is 5.92 Å². The molecule has 0 bridgehead atoms. The summed E-state index contributed by atoms with van der Waals surface area (Å²) in [5.41, 5.74) is 1.97. The van der Waals surface area contributed by atoms with E-state index in [9.17, 15) is 13.2 Å². The predicted octanol–water partition coefficient (Wildman–Crippen LogP) is 3.62. The van der Waals surface area contributed by atoms with Crippen LogP contribution in [0.25, 0.3) is 0 Å². The van der Waals surface area contributed by atoms with Crippen LogP contribution in [-0.4, -0.2) is 26.9 Å². The van der Waals surface area contributed by atoms with Crippen LogP contribution in [0.2, 0.25) is 5.02 Å². The molecule has 0 unspecified atom stereocenters. The van der Waals surface area contributed by atoms with Crippen LogP contribution in [0.5, 0.6) is 0 Å². The van der Waals surface area contributed by atoms with Crippen molar-refractivity contribution < 1.29 is 13.2 Å². The Bertz CT molecular complexity index is 1000. The zero-order chi connectivity index (χ0) is 19.2. The Kier molecular flexibility index (Phi) is 4.64. The molecule has 1 aliphatic heterocycles. The lowest BCUT2D eigenvalue weighted by Gasteiger charge is -2.21. The Balaban J connectivity index is 1.66.